The third kappa shape index (κ3) is 5.46. The fourth-order valence-electron chi connectivity index (χ4n) is 2.30. The van der Waals surface area contributed by atoms with E-state index in [9.17, 15) is 9.59 Å². The van der Waals surface area contributed by atoms with Crippen LogP contribution in [0.5, 0.6) is 0 Å². The third-order valence-electron chi connectivity index (χ3n) is 3.58. The number of aryl methyl sites for hydroxylation is 2. The molecule has 2 heterocycles. The fraction of sp³-hybridized carbons (Fsp3) is 0.333. The molecule has 0 aliphatic heterocycles. The zero-order chi connectivity index (χ0) is 17.4. The zero-order valence-electron chi connectivity index (χ0n) is 14.2. The lowest BCUT2D eigenvalue weighted by Gasteiger charge is -2.06. The highest BCUT2D eigenvalue weighted by Gasteiger charge is 2.09. The molecule has 24 heavy (non-hydrogen) atoms. The van der Waals surface area contributed by atoms with Crippen LogP contribution >= 0.6 is 0 Å². The van der Waals surface area contributed by atoms with Gasteiger partial charge in [0.2, 0.25) is 0 Å². The Morgan fingerprint density at radius 2 is 1.25 bits per heavy atom. The van der Waals surface area contributed by atoms with Gasteiger partial charge in [-0.1, -0.05) is 0 Å². The second-order valence-corrected chi connectivity index (χ2v) is 5.74. The van der Waals surface area contributed by atoms with Crippen LogP contribution in [0.4, 0.5) is 0 Å². The number of amides is 2. The van der Waals surface area contributed by atoms with Crippen LogP contribution in [-0.2, 0) is 14.1 Å². The third-order valence-corrected chi connectivity index (χ3v) is 3.58. The second-order valence-electron chi connectivity index (χ2n) is 5.74. The number of rotatable bonds is 7. The van der Waals surface area contributed by atoms with Gasteiger partial charge >= 0.3 is 0 Å². The Bertz CT molecular complexity index is 654. The average molecular weight is 328 g/mol. The molecule has 0 bridgehead atoms. The van der Waals surface area contributed by atoms with E-state index in [0.717, 1.165) is 12.8 Å². The molecule has 2 aromatic heterocycles. The van der Waals surface area contributed by atoms with Crippen molar-refractivity contribution in [3.8, 4) is 0 Å². The molecule has 0 saturated heterocycles. The lowest BCUT2D eigenvalue weighted by atomic mass is 10.2. The summed E-state index contributed by atoms with van der Waals surface area (Å²) in [5.41, 5.74) is 1.29. The Hall–Kier alpha value is -2.76. The first kappa shape index (κ1) is 17.6. The van der Waals surface area contributed by atoms with E-state index < -0.39 is 0 Å². The molecule has 0 radical (unpaired) electrons. The molecule has 0 unspecified atom stereocenters. The van der Waals surface area contributed by atoms with Gasteiger partial charge in [-0.05, 0) is 25.0 Å². The molecule has 0 spiro atoms. The minimum absolute atomic E-state index is 0.0768. The second kappa shape index (κ2) is 8.76. The highest BCUT2D eigenvalue weighted by molar-refractivity contribution is 5.94. The highest BCUT2D eigenvalue weighted by Crippen LogP contribution is 1.96. The standard InChI is InChI=1S/C18H22N4O2/c1-21-11-5-7-15(13-21)17(23)19-9-3-4-10-20-18(24)16-8-6-12-22(2)14-16/h5-8,11-14H,3-4,9-10H2,1-2H3/p+2. The minimum Gasteiger partial charge on any atom is -0.352 e. The van der Waals surface area contributed by atoms with Crippen molar-refractivity contribution in [2.24, 2.45) is 14.1 Å². The van der Waals surface area contributed by atoms with E-state index in [1.807, 2.05) is 47.8 Å². The maximum atomic E-state index is 12.0. The summed E-state index contributed by atoms with van der Waals surface area (Å²) < 4.78 is 3.68. The van der Waals surface area contributed by atoms with E-state index in [2.05, 4.69) is 10.6 Å². The van der Waals surface area contributed by atoms with Gasteiger partial charge in [0, 0.05) is 25.2 Å². The van der Waals surface area contributed by atoms with Crippen LogP contribution in [0.1, 0.15) is 33.6 Å². The van der Waals surface area contributed by atoms with Crippen LogP contribution in [0.25, 0.3) is 0 Å². The monoisotopic (exact) mass is 328 g/mol. The first-order valence-electron chi connectivity index (χ1n) is 8.03. The first-order valence-corrected chi connectivity index (χ1v) is 8.03. The number of hydrogen-bond donors (Lipinski definition) is 2. The molecule has 2 N–H and O–H groups in total. The van der Waals surface area contributed by atoms with Gasteiger partial charge in [0.25, 0.3) is 11.8 Å². The lowest BCUT2D eigenvalue weighted by Crippen LogP contribution is -2.32. The predicted octanol–water partition coefficient (Wildman–Crippen LogP) is 0.276. The Labute approximate surface area is 142 Å². The molecule has 126 valence electrons. The summed E-state index contributed by atoms with van der Waals surface area (Å²) >= 11 is 0. The van der Waals surface area contributed by atoms with Crippen LogP contribution < -0.4 is 19.8 Å². The van der Waals surface area contributed by atoms with Gasteiger partial charge in [0.05, 0.1) is 0 Å². The number of aromatic nitrogens is 2. The van der Waals surface area contributed by atoms with E-state index in [0.29, 0.717) is 24.2 Å². The van der Waals surface area contributed by atoms with Crippen LogP contribution in [-0.4, -0.2) is 24.9 Å². The van der Waals surface area contributed by atoms with Gasteiger partial charge in [0.1, 0.15) is 25.2 Å². The van der Waals surface area contributed by atoms with Crippen molar-refractivity contribution < 1.29 is 18.7 Å². The topological polar surface area (TPSA) is 66.0 Å². The maximum Gasteiger partial charge on any atom is 0.257 e. The summed E-state index contributed by atoms with van der Waals surface area (Å²) in [6.07, 6.45) is 8.96. The van der Waals surface area contributed by atoms with Crippen molar-refractivity contribution in [1.82, 2.24) is 10.6 Å². The largest absolute Gasteiger partial charge is 0.352 e. The van der Waals surface area contributed by atoms with Crippen LogP contribution in [0.3, 0.4) is 0 Å². The molecule has 0 saturated carbocycles. The molecule has 2 rings (SSSR count). The number of nitrogens with one attached hydrogen (secondary N) is 2. The smallest absolute Gasteiger partial charge is 0.257 e. The van der Waals surface area contributed by atoms with Crippen molar-refractivity contribution in [2.45, 2.75) is 12.8 Å². The van der Waals surface area contributed by atoms with Gasteiger partial charge in [-0.2, -0.15) is 0 Å². The van der Waals surface area contributed by atoms with Crippen LogP contribution in [0.15, 0.2) is 49.1 Å². The van der Waals surface area contributed by atoms with Crippen molar-refractivity contribution in [3.05, 3.63) is 60.2 Å². The molecule has 6 nitrogen and oxygen atoms in total. The number of carbonyl (C=O) groups excluding carboxylic acids is 2. The Morgan fingerprint density at radius 3 is 1.62 bits per heavy atom. The van der Waals surface area contributed by atoms with E-state index in [4.69, 9.17) is 0 Å². The summed E-state index contributed by atoms with van der Waals surface area (Å²) in [6.45, 7) is 1.18. The molecule has 2 amide bonds. The SMILES string of the molecule is C[n+]1cccc(C(=O)NCCCCNC(=O)c2ccc[n+](C)c2)c1. The summed E-state index contributed by atoms with van der Waals surface area (Å²) in [5.74, 6) is -0.154. The molecule has 0 fully saturated rings. The van der Waals surface area contributed by atoms with Crippen molar-refractivity contribution in [3.63, 3.8) is 0 Å². The number of nitrogens with zero attached hydrogens (tertiary/aromatic N) is 2. The van der Waals surface area contributed by atoms with Gasteiger partial charge in [0.15, 0.2) is 24.8 Å². The van der Waals surface area contributed by atoms with Crippen LogP contribution in [0, 0.1) is 0 Å². The highest BCUT2D eigenvalue weighted by atomic mass is 16.2. The summed E-state index contributed by atoms with van der Waals surface area (Å²) in [6, 6.07) is 7.26. The number of hydrogen-bond acceptors (Lipinski definition) is 2. The molecule has 0 aliphatic carbocycles. The summed E-state index contributed by atoms with van der Waals surface area (Å²) in [7, 11) is 3.76. The van der Waals surface area contributed by atoms with Gasteiger partial charge in [-0.25, -0.2) is 9.13 Å². The molecule has 0 aromatic carbocycles. The van der Waals surface area contributed by atoms with E-state index in [1.165, 1.54) is 0 Å². The van der Waals surface area contributed by atoms with Gasteiger partial charge in [-0.3, -0.25) is 9.59 Å². The first-order chi connectivity index (χ1) is 11.6. The number of pyridine rings is 2. The van der Waals surface area contributed by atoms with Crippen molar-refractivity contribution in [1.29, 1.82) is 0 Å². The van der Waals surface area contributed by atoms with Gasteiger partial charge < -0.3 is 10.6 Å². The minimum atomic E-state index is -0.0768. The van der Waals surface area contributed by atoms with Crippen molar-refractivity contribution >= 4 is 11.8 Å². The Balaban J connectivity index is 1.63. The molecular weight excluding hydrogens is 304 g/mol. The molecular formula is C18H24N4O2+2. The van der Waals surface area contributed by atoms with E-state index in [-0.39, 0.29) is 11.8 Å². The zero-order valence-corrected chi connectivity index (χ0v) is 14.2. The summed E-state index contributed by atoms with van der Waals surface area (Å²) in [4.78, 5) is 23.9. The van der Waals surface area contributed by atoms with E-state index >= 15 is 0 Å². The summed E-state index contributed by atoms with van der Waals surface area (Å²) in [5, 5.41) is 5.77. The number of unbranched alkanes of at least 4 members (excludes halogenated alkanes) is 1. The quantitative estimate of drug-likeness (QED) is 0.566. The van der Waals surface area contributed by atoms with Crippen molar-refractivity contribution in [2.75, 3.05) is 13.1 Å². The molecule has 0 aliphatic rings. The fourth-order valence-corrected chi connectivity index (χ4v) is 2.30. The molecule has 6 heteroatoms. The molecule has 2 aromatic rings. The number of carbonyl (C=O) groups is 2. The van der Waals surface area contributed by atoms with Crippen LogP contribution in [0.2, 0.25) is 0 Å². The molecule has 0 atom stereocenters. The normalized spacial score (nSPS) is 10.2. The lowest BCUT2D eigenvalue weighted by molar-refractivity contribution is -0.671. The Kier molecular flexibility index (Phi) is 6.42. The maximum absolute atomic E-state index is 12.0. The average Bonchev–Trinajstić information content (AvgIpc) is 2.57. The predicted molar refractivity (Wildman–Crippen MR) is 89.1 cm³/mol. The van der Waals surface area contributed by atoms with Gasteiger partial charge in [-0.15, -0.1) is 0 Å². The Morgan fingerprint density at radius 1 is 0.833 bits per heavy atom. The van der Waals surface area contributed by atoms with E-state index in [1.54, 1.807) is 24.5 Å².